The monoisotopic (exact) mass is 353 g/mol. The second kappa shape index (κ2) is 8.42. The minimum atomic E-state index is -0.626. The number of primary amides is 1. The molecule has 0 atom stereocenters. The standard InChI is InChI=1S/C19H23N5O2/c20-19(26)16-6-7-17(23-22-16)21-13-18(25)24-10-8-15(9-11-24)12-14-4-2-1-3-5-14/h1-7,15H,8-13H2,(H2,20,26)(H,21,23). The third-order valence-electron chi connectivity index (χ3n) is 4.67. The Bertz CT molecular complexity index is 740. The Kier molecular flexibility index (Phi) is 5.78. The van der Waals surface area contributed by atoms with Crippen LogP contribution in [0.15, 0.2) is 42.5 Å². The van der Waals surface area contributed by atoms with Crippen LogP contribution in [-0.2, 0) is 11.2 Å². The summed E-state index contributed by atoms with van der Waals surface area (Å²) in [6, 6.07) is 13.6. The number of likely N-dealkylation sites (tertiary alicyclic amines) is 1. The lowest BCUT2D eigenvalue weighted by Crippen LogP contribution is -2.41. The first-order valence-corrected chi connectivity index (χ1v) is 8.81. The average molecular weight is 353 g/mol. The first kappa shape index (κ1) is 17.8. The van der Waals surface area contributed by atoms with Crippen molar-refractivity contribution in [3.63, 3.8) is 0 Å². The highest BCUT2D eigenvalue weighted by molar-refractivity contribution is 5.90. The smallest absolute Gasteiger partial charge is 0.269 e. The number of aromatic nitrogens is 2. The van der Waals surface area contributed by atoms with Gasteiger partial charge in [-0.2, -0.15) is 0 Å². The molecule has 1 saturated heterocycles. The molecule has 1 aromatic carbocycles. The van der Waals surface area contributed by atoms with Crippen molar-refractivity contribution in [3.05, 3.63) is 53.7 Å². The molecule has 0 aliphatic carbocycles. The van der Waals surface area contributed by atoms with Gasteiger partial charge in [-0.25, -0.2) is 0 Å². The molecule has 0 unspecified atom stereocenters. The fraction of sp³-hybridized carbons (Fsp3) is 0.368. The van der Waals surface area contributed by atoms with Crippen LogP contribution in [0.25, 0.3) is 0 Å². The summed E-state index contributed by atoms with van der Waals surface area (Å²) in [5.41, 5.74) is 6.58. The van der Waals surface area contributed by atoms with E-state index in [4.69, 9.17) is 5.73 Å². The summed E-state index contributed by atoms with van der Waals surface area (Å²) in [4.78, 5) is 25.2. The molecule has 2 aromatic rings. The third kappa shape index (κ3) is 4.78. The molecule has 136 valence electrons. The summed E-state index contributed by atoms with van der Waals surface area (Å²) in [6.45, 7) is 1.72. The van der Waals surface area contributed by atoms with Gasteiger partial charge in [0.05, 0.1) is 6.54 Å². The minimum Gasteiger partial charge on any atom is -0.364 e. The van der Waals surface area contributed by atoms with Crippen LogP contribution in [0.4, 0.5) is 5.82 Å². The number of amides is 2. The van der Waals surface area contributed by atoms with E-state index in [2.05, 4.69) is 39.8 Å². The van der Waals surface area contributed by atoms with Crippen LogP contribution in [0.3, 0.4) is 0 Å². The molecular formula is C19H23N5O2. The number of carbonyl (C=O) groups excluding carboxylic acids is 2. The number of nitrogens with zero attached hydrogens (tertiary/aromatic N) is 3. The minimum absolute atomic E-state index is 0.0453. The van der Waals surface area contributed by atoms with Crippen molar-refractivity contribution in [2.75, 3.05) is 25.0 Å². The molecule has 7 nitrogen and oxygen atoms in total. The summed E-state index contributed by atoms with van der Waals surface area (Å²) in [7, 11) is 0. The number of hydrogen-bond acceptors (Lipinski definition) is 5. The maximum absolute atomic E-state index is 12.4. The lowest BCUT2D eigenvalue weighted by Gasteiger charge is -2.32. The topological polar surface area (TPSA) is 101 Å². The van der Waals surface area contributed by atoms with Crippen LogP contribution in [0.5, 0.6) is 0 Å². The van der Waals surface area contributed by atoms with Gasteiger partial charge in [-0.05, 0) is 42.9 Å². The molecule has 3 rings (SSSR count). The van der Waals surface area contributed by atoms with Crippen LogP contribution in [-0.4, -0.2) is 46.5 Å². The van der Waals surface area contributed by atoms with Crippen molar-refractivity contribution in [2.24, 2.45) is 11.7 Å². The van der Waals surface area contributed by atoms with Gasteiger partial charge in [0.1, 0.15) is 5.82 Å². The normalized spacial score (nSPS) is 14.8. The molecule has 0 spiro atoms. The predicted octanol–water partition coefficient (Wildman–Crippen LogP) is 1.47. The summed E-state index contributed by atoms with van der Waals surface area (Å²) < 4.78 is 0. The van der Waals surface area contributed by atoms with Crippen LogP contribution < -0.4 is 11.1 Å². The molecule has 1 aliphatic heterocycles. The predicted molar refractivity (Wildman–Crippen MR) is 98.5 cm³/mol. The lowest BCUT2D eigenvalue weighted by atomic mass is 9.90. The first-order chi connectivity index (χ1) is 12.6. The van der Waals surface area contributed by atoms with Crippen molar-refractivity contribution in [3.8, 4) is 0 Å². The zero-order chi connectivity index (χ0) is 18.4. The van der Waals surface area contributed by atoms with Crippen LogP contribution >= 0.6 is 0 Å². The van der Waals surface area contributed by atoms with E-state index in [9.17, 15) is 9.59 Å². The first-order valence-electron chi connectivity index (χ1n) is 8.81. The van der Waals surface area contributed by atoms with Gasteiger partial charge in [-0.1, -0.05) is 30.3 Å². The summed E-state index contributed by atoms with van der Waals surface area (Å²) in [5, 5.41) is 10.5. The maximum Gasteiger partial charge on any atom is 0.269 e. The van der Waals surface area contributed by atoms with Crippen LogP contribution in [0.2, 0.25) is 0 Å². The molecule has 2 amide bonds. The quantitative estimate of drug-likeness (QED) is 0.819. The van der Waals surface area contributed by atoms with Crippen molar-refractivity contribution in [1.82, 2.24) is 15.1 Å². The van der Waals surface area contributed by atoms with E-state index >= 15 is 0 Å². The van der Waals surface area contributed by atoms with Gasteiger partial charge in [-0.3, -0.25) is 9.59 Å². The molecule has 0 radical (unpaired) electrons. The van der Waals surface area contributed by atoms with Crippen LogP contribution in [0, 0.1) is 5.92 Å². The van der Waals surface area contributed by atoms with Crippen LogP contribution in [0.1, 0.15) is 28.9 Å². The van der Waals surface area contributed by atoms with E-state index in [0.29, 0.717) is 11.7 Å². The van der Waals surface area contributed by atoms with Crippen molar-refractivity contribution in [1.29, 1.82) is 0 Å². The number of anilines is 1. The van der Waals surface area contributed by atoms with Gasteiger partial charge in [0.15, 0.2) is 5.69 Å². The van der Waals surface area contributed by atoms with E-state index < -0.39 is 5.91 Å². The Labute approximate surface area is 152 Å². The Morgan fingerprint density at radius 2 is 1.81 bits per heavy atom. The van der Waals surface area contributed by atoms with Gasteiger partial charge in [0.2, 0.25) is 5.91 Å². The average Bonchev–Trinajstić information content (AvgIpc) is 2.68. The van der Waals surface area contributed by atoms with Gasteiger partial charge in [0.25, 0.3) is 5.91 Å². The van der Waals surface area contributed by atoms with Gasteiger partial charge >= 0.3 is 0 Å². The van der Waals surface area contributed by atoms with E-state index in [1.165, 1.54) is 11.6 Å². The molecule has 0 bridgehead atoms. The number of benzene rings is 1. The summed E-state index contributed by atoms with van der Waals surface area (Å²) in [5.74, 6) is 0.492. The van der Waals surface area contributed by atoms with Crippen molar-refractivity contribution in [2.45, 2.75) is 19.3 Å². The Morgan fingerprint density at radius 1 is 1.08 bits per heavy atom. The second-order valence-electron chi connectivity index (χ2n) is 6.54. The molecule has 26 heavy (non-hydrogen) atoms. The molecule has 0 saturated carbocycles. The zero-order valence-corrected chi connectivity index (χ0v) is 14.6. The molecule has 3 N–H and O–H groups in total. The van der Waals surface area contributed by atoms with E-state index in [1.807, 2.05) is 11.0 Å². The summed E-state index contributed by atoms with van der Waals surface area (Å²) >= 11 is 0. The highest BCUT2D eigenvalue weighted by Crippen LogP contribution is 2.21. The fourth-order valence-electron chi connectivity index (χ4n) is 3.17. The van der Waals surface area contributed by atoms with Crippen molar-refractivity contribution < 1.29 is 9.59 Å². The summed E-state index contributed by atoms with van der Waals surface area (Å²) in [6.07, 6.45) is 3.12. The zero-order valence-electron chi connectivity index (χ0n) is 14.6. The molecule has 2 heterocycles. The van der Waals surface area contributed by atoms with E-state index in [-0.39, 0.29) is 18.1 Å². The molecule has 7 heteroatoms. The number of nitrogens with one attached hydrogen (secondary N) is 1. The SMILES string of the molecule is NC(=O)c1ccc(NCC(=O)N2CCC(Cc3ccccc3)CC2)nn1. The largest absolute Gasteiger partial charge is 0.364 e. The maximum atomic E-state index is 12.4. The van der Waals surface area contributed by atoms with E-state index in [0.717, 1.165) is 32.4 Å². The highest BCUT2D eigenvalue weighted by atomic mass is 16.2. The molecule has 1 aliphatic rings. The van der Waals surface area contributed by atoms with Gasteiger partial charge < -0.3 is 16.0 Å². The van der Waals surface area contributed by atoms with Crippen molar-refractivity contribution >= 4 is 17.6 Å². The van der Waals surface area contributed by atoms with Gasteiger partial charge in [-0.15, -0.1) is 10.2 Å². The second-order valence-corrected chi connectivity index (χ2v) is 6.54. The number of rotatable bonds is 6. The Hall–Kier alpha value is -2.96. The number of hydrogen-bond donors (Lipinski definition) is 2. The molecule has 1 aromatic heterocycles. The number of nitrogens with two attached hydrogens (primary N) is 1. The fourth-order valence-corrected chi connectivity index (χ4v) is 3.17. The molecular weight excluding hydrogens is 330 g/mol. The molecule has 1 fully saturated rings. The highest BCUT2D eigenvalue weighted by Gasteiger charge is 2.22. The third-order valence-corrected chi connectivity index (χ3v) is 4.67. The Balaban J connectivity index is 1.42. The lowest BCUT2D eigenvalue weighted by molar-refractivity contribution is -0.130. The van der Waals surface area contributed by atoms with E-state index in [1.54, 1.807) is 6.07 Å². The number of piperidine rings is 1. The van der Waals surface area contributed by atoms with Gasteiger partial charge in [0, 0.05) is 13.1 Å². The Morgan fingerprint density at radius 3 is 2.42 bits per heavy atom. The number of carbonyl (C=O) groups is 2.